The van der Waals surface area contributed by atoms with Crippen LogP contribution in [0.25, 0.3) is 0 Å². The van der Waals surface area contributed by atoms with Crippen LogP contribution in [0.15, 0.2) is 0 Å². The van der Waals surface area contributed by atoms with Crippen LogP contribution in [0.2, 0.25) is 0 Å². The van der Waals surface area contributed by atoms with Crippen molar-refractivity contribution in [1.82, 2.24) is 10.2 Å². The molecule has 0 aromatic rings. The molecule has 1 aliphatic rings. The Morgan fingerprint density at radius 3 is 2.20 bits per heavy atom. The van der Waals surface area contributed by atoms with Gasteiger partial charge in [-0.05, 0) is 46.1 Å². The molecule has 2 atom stereocenters. The average Bonchev–Trinajstić information content (AvgIpc) is 2.92. The van der Waals surface area contributed by atoms with Crippen LogP contribution in [-0.2, 0) is 9.47 Å². The Bertz CT molecular complexity index is 217. The van der Waals surface area contributed by atoms with Crippen LogP contribution in [-0.4, -0.2) is 63.0 Å². The molecule has 0 saturated heterocycles. The SMILES string of the molecule is CCCNC1CCC(N(CCOCC)CCOCC)C1. The van der Waals surface area contributed by atoms with Crippen molar-refractivity contribution in [3.8, 4) is 0 Å². The zero-order valence-corrected chi connectivity index (χ0v) is 13.7. The summed E-state index contributed by atoms with van der Waals surface area (Å²) in [5.74, 6) is 0. The Kier molecular flexibility index (Phi) is 10.3. The van der Waals surface area contributed by atoms with Gasteiger partial charge in [0.1, 0.15) is 0 Å². The van der Waals surface area contributed by atoms with Crippen molar-refractivity contribution < 1.29 is 9.47 Å². The lowest BCUT2D eigenvalue weighted by molar-refractivity contribution is 0.0633. The van der Waals surface area contributed by atoms with Gasteiger partial charge >= 0.3 is 0 Å². The predicted octanol–water partition coefficient (Wildman–Crippen LogP) is 2.28. The van der Waals surface area contributed by atoms with Crippen molar-refractivity contribution in [1.29, 1.82) is 0 Å². The third kappa shape index (κ3) is 7.02. The summed E-state index contributed by atoms with van der Waals surface area (Å²) in [6.45, 7) is 12.9. The molecular weight excluding hydrogens is 252 g/mol. The highest BCUT2D eigenvalue weighted by Gasteiger charge is 2.28. The maximum absolute atomic E-state index is 5.52. The number of nitrogens with one attached hydrogen (secondary N) is 1. The van der Waals surface area contributed by atoms with Crippen LogP contribution < -0.4 is 5.32 Å². The lowest BCUT2D eigenvalue weighted by Gasteiger charge is -2.29. The lowest BCUT2D eigenvalue weighted by Crippen LogP contribution is -2.40. The minimum absolute atomic E-state index is 0.699. The molecule has 4 nitrogen and oxygen atoms in total. The van der Waals surface area contributed by atoms with E-state index in [1.165, 1.54) is 25.7 Å². The zero-order valence-electron chi connectivity index (χ0n) is 13.7. The summed E-state index contributed by atoms with van der Waals surface area (Å²) in [5, 5.41) is 3.66. The fraction of sp³-hybridized carbons (Fsp3) is 1.00. The van der Waals surface area contributed by atoms with Gasteiger partial charge in [0, 0.05) is 38.4 Å². The third-order valence-corrected chi connectivity index (χ3v) is 4.06. The van der Waals surface area contributed by atoms with E-state index >= 15 is 0 Å². The standard InChI is InChI=1S/C16H34N2O2/c1-4-9-17-15-7-8-16(14-15)18(10-12-19-5-2)11-13-20-6-3/h15-17H,4-14H2,1-3H3. The number of nitrogens with zero attached hydrogens (tertiary/aromatic N) is 1. The van der Waals surface area contributed by atoms with E-state index in [0.29, 0.717) is 12.1 Å². The Morgan fingerprint density at radius 2 is 1.65 bits per heavy atom. The van der Waals surface area contributed by atoms with Gasteiger partial charge < -0.3 is 14.8 Å². The van der Waals surface area contributed by atoms with Crippen LogP contribution in [0.1, 0.15) is 46.5 Å². The van der Waals surface area contributed by atoms with Gasteiger partial charge in [0.15, 0.2) is 0 Å². The summed E-state index contributed by atoms with van der Waals surface area (Å²) in [4.78, 5) is 2.57. The summed E-state index contributed by atoms with van der Waals surface area (Å²) >= 11 is 0. The second-order valence-electron chi connectivity index (χ2n) is 5.55. The molecule has 4 heteroatoms. The molecule has 20 heavy (non-hydrogen) atoms. The second-order valence-corrected chi connectivity index (χ2v) is 5.55. The van der Waals surface area contributed by atoms with Crippen molar-refractivity contribution in [2.24, 2.45) is 0 Å². The summed E-state index contributed by atoms with van der Waals surface area (Å²) in [6, 6.07) is 1.41. The number of hydrogen-bond donors (Lipinski definition) is 1. The molecule has 0 heterocycles. The van der Waals surface area contributed by atoms with Crippen LogP contribution >= 0.6 is 0 Å². The van der Waals surface area contributed by atoms with Crippen LogP contribution in [0.3, 0.4) is 0 Å². The molecule has 1 saturated carbocycles. The van der Waals surface area contributed by atoms with Gasteiger partial charge in [-0.1, -0.05) is 6.92 Å². The van der Waals surface area contributed by atoms with Crippen molar-refractivity contribution in [3.63, 3.8) is 0 Å². The Hall–Kier alpha value is -0.160. The van der Waals surface area contributed by atoms with E-state index in [-0.39, 0.29) is 0 Å². The van der Waals surface area contributed by atoms with Gasteiger partial charge in [-0.15, -0.1) is 0 Å². The fourth-order valence-corrected chi connectivity index (χ4v) is 2.95. The van der Waals surface area contributed by atoms with E-state index < -0.39 is 0 Å². The molecule has 2 unspecified atom stereocenters. The average molecular weight is 286 g/mol. The van der Waals surface area contributed by atoms with Gasteiger partial charge in [0.05, 0.1) is 13.2 Å². The first kappa shape index (κ1) is 17.9. The fourth-order valence-electron chi connectivity index (χ4n) is 2.95. The van der Waals surface area contributed by atoms with Gasteiger partial charge in [-0.2, -0.15) is 0 Å². The van der Waals surface area contributed by atoms with Gasteiger partial charge in [-0.3, -0.25) is 4.90 Å². The minimum Gasteiger partial charge on any atom is -0.380 e. The first-order valence-corrected chi connectivity index (χ1v) is 8.44. The van der Waals surface area contributed by atoms with E-state index in [2.05, 4.69) is 31.0 Å². The third-order valence-electron chi connectivity index (χ3n) is 4.06. The Balaban J connectivity index is 2.33. The Labute approximate surface area is 125 Å². The van der Waals surface area contributed by atoms with Crippen molar-refractivity contribution >= 4 is 0 Å². The molecule has 0 bridgehead atoms. The highest BCUT2D eigenvalue weighted by molar-refractivity contribution is 4.86. The molecule has 0 radical (unpaired) electrons. The largest absolute Gasteiger partial charge is 0.380 e. The summed E-state index contributed by atoms with van der Waals surface area (Å²) in [7, 11) is 0. The molecule has 1 fully saturated rings. The second kappa shape index (κ2) is 11.5. The molecule has 0 amide bonds. The van der Waals surface area contributed by atoms with E-state index in [1.54, 1.807) is 0 Å². The maximum atomic E-state index is 5.52. The summed E-state index contributed by atoms with van der Waals surface area (Å²) < 4.78 is 11.0. The summed E-state index contributed by atoms with van der Waals surface area (Å²) in [6.07, 6.45) is 5.11. The van der Waals surface area contributed by atoms with Crippen LogP contribution in [0, 0.1) is 0 Å². The van der Waals surface area contributed by atoms with E-state index in [4.69, 9.17) is 9.47 Å². The molecular formula is C16H34N2O2. The number of rotatable bonds is 12. The number of hydrogen-bond acceptors (Lipinski definition) is 4. The first-order chi connectivity index (χ1) is 9.81. The van der Waals surface area contributed by atoms with E-state index in [0.717, 1.165) is 46.1 Å². The normalized spacial score (nSPS) is 22.8. The van der Waals surface area contributed by atoms with Crippen LogP contribution in [0.4, 0.5) is 0 Å². The number of ether oxygens (including phenoxy) is 2. The van der Waals surface area contributed by atoms with Crippen LogP contribution in [0.5, 0.6) is 0 Å². The molecule has 120 valence electrons. The maximum Gasteiger partial charge on any atom is 0.0593 e. The molecule has 0 aliphatic heterocycles. The predicted molar refractivity (Wildman–Crippen MR) is 84.3 cm³/mol. The molecule has 1 N–H and O–H groups in total. The highest BCUT2D eigenvalue weighted by atomic mass is 16.5. The Morgan fingerprint density at radius 1 is 1.00 bits per heavy atom. The van der Waals surface area contributed by atoms with Gasteiger partial charge in [0.2, 0.25) is 0 Å². The van der Waals surface area contributed by atoms with Gasteiger partial charge in [-0.25, -0.2) is 0 Å². The molecule has 1 aliphatic carbocycles. The van der Waals surface area contributed by atoms with Crippen molar-refractivity contribution in [3.05, 3.63) is 0 Å². The molecule has 0 aromatic heterocycles. The first-order valence-electron chi connectivity index (χ1n) is 8.44. The van der Waals surface area contributed by atoms with Crippen molar-refractivity contribution in [2.45, 2.75) is 58.5 Å². The van der Waals surface area contributed by atoms with E-state index in [1.807, 2.05) is 0 Å². The molecule has 0 aromatic carbocycles. The monoisotopic (exact) mass is 286 g/mol. The topological polar surface area (TPSA) is 33.7 Å². The quantitative estimate of drug-likeness (QED) is 0.558. The summed E-state index contributed by atoms with van der Waals surface area (Å²) in [5.41, 5.74) is 0. The molecule has 1 rings (SSSR count). The zero-order chi connectivity index (χ0) is 14.6. The van der Waals surface area contributed by atoms with Gasteiger partial charge in [0.25, 0.3) is 0 Å². The smallest absolute Gasteiger partial charge is 0.0593 e. The van der Waals surface area contributed by atoms with E-state index in [9.17, 15) is 0 Å². The van der Waals surface area contributed by atoms with Crippen molar-refractivity contribution in [2.75, 3.05) is 46.1 Å². The minimum atomic E-state index is 0.699. The molecule has 0 spiro atoms. The lowest BCUT2D eigenvalue weighted by atomic mass is 10.2. The highest BCUT2D eigenvalue weighted by Crippen LogP contribution is 2.24.